The third kappa shape index (κ3) is 2.60. The van der Waals surface area contributed by atoms with Crippen LogP contribution in [0.1, 0.15) is 52.3 Å². The average Bonchev–Trinajstić information content (AvgIpc) is 3.18. The lowest BCUT2D eigenvalue weighted by molar-refractivity contribution is 0.00578. The van der Waals surface area contributed by atoms with Crippen LogP contribution in [0, 0.1) is 0 Å². The standard InChI is InChI=1S/C17H22BN3O2/c1-16(2)17(3,4)23-18(22-16)13-6-5-7-14(10-13)21-11-19-15(20-21)12-8-9-12/h5-7,10-12H,8-9H2,1-4H3. The maximum Gasteiger partial charge on any atom is 0.494 e. The Kier molecular flexibility index (Phi) is 3.19. The van der Waals surface area contributed by atoms with Gasteiger partial charge in [-0.3, -0.25) is 0 Å². The van der Waals surface area contributed by atoms with E-state index in [1.807, 2.05) is 22.9 Å². The predicted molar refractivity (Wildman–Crippen MR) is 89.1 cm³/mol. The molecular weight excluding hydrogens is 289 g/mol. The minimum absolute atomic E-state index is 0.333. The van der Waals surface area contributed by atoms with Gasteiger partial charge in [0.1, 0.15) is 6.33 Å². The minimum Gasteiger partial charge on any atom is -0.399 e. The lowest BCUT2D eigenvalue weighted by Crippen LogP contribution is -2.41. The van der Waals surface area contributed by atoms with Crippen molar-refractivity contribution in [2.75, 3.05) is 0 Å². The van der Waals surface area contributed by atoms with E-state index in [9.17, 15) is 0 Å². The van der Waals surface area contributed by atoms with Gasteiger partial charge in [0.25, 0.3) is 0 Å². The summed E-state index contributed by atoms with van der Waals surface area (Å²) in [5.41, 5.74) is 1.32. The highest BCUT2D eigenvalue weighted by atomic mass is 16.7. The van der Waals surface area contributed by atoms with E-state index < -0.39 is 0 Å². The number of hydrogen-bond acceptors (Lipinski definition) is 4. The summed E-state index contributed by atoms with van der Waals surface area (Å²) in [6.07, 6.45) is 4.20. The second kappa shape index (κ2) is 4.92. The Bertz CT molecular complexity index is 721. The van der Waals surface area contributed by atoms with Gasteiger partial charge in [0.15, 0.2) is 5.82 Å². The fourth-order valence-corrected chi connectivity index (χ4v) is 2.72. The molecule has 1 aromatic heterocycles. The first-order chi connectivity index (χ1) is 10.9. The summed E-state index contributed by atoms with van der Waals surface area (Å²) in [4.78, 5) is 4.42. The Morgan fingerprint density at radius 3 is 2.48 bits per heavy atom. The predicted octanol–water partition coefficient (Wildman–Crippen LogP) is 2.44. The van der Waals surface area contributed by atoms with E-state index in [1.54, 1.807) is 6.33 Å². The molecule has 0 N–H and O–H groups in total. The molecule has 5 nitrogen and oxygen atoms in total. The Hall–Kier alpha value is -1.66. The first kappa shape index (κ1) is 14.9. The van der Waals surface area contributed by atoms with E-state index in [1.165, 1.54) is 12.8 Å². The van der Waals surface area contributed by atoms with Gasteiger partial charge in [-0.15, -0.1) is 0 Å². The van der Waals surface area contributed by atoms with E-state index in [-0.39, 0.29) is 18.3 Å². The van der Waals surface area contributed by atoms with Gasteiger partial charge in [-0.1, -0.05) is 12.1 Å². The number of rotatable bonds is 3. The highest BCUT2D eigenvalue weighted by Gasteiger charge is 2.51. The van der Waals surface area contributed by atoms with Crippen LogP contribution in [0.3, 0.4) is 0 Å². The molecule has 2 aromatic rings. The van der Waals surface area contributed by atoms with Crippen molar-refractivity contribution in [2.24, 2.45) is 0 Å². The molecule has 0 spiro atoms. The smallest absolute Gasteiger partial charge is 0.399 e. The van der Waals surface area contributed by atoms with E-state index in [0.717, 1.165) is 17.0 Å². The number of nitrogens with zero attached hydrogens (tertiary/aromatic N) is 3. The van der Waals surface area contributed by atoms with E-state index >= 15 is 0 Å². The van der Waals surface area contributed by atoms with Crippen molar-refractivity contribution in [3.05, 3.63) is 36.4 Å². The van der Waals surface area contributed by atoms with E-state index in [0.29, 0.717) is 5.92 Å². The highest BCUT2D eigenvalue weighted by Crippen LogP contribution is 2.38. The zero-order chi connectivity index (χ0) is 16.2. The first-order valence-electron chi connectivity index (χ1n) is 8.23. The Balaban J connectivity index is 1.61. The van der Waals surface area contributed by atoms with Crippen molar-refractivity contribution in [3.63, 3.8) is 0 Å². The van der Waals surface area contributed by atoms with E-state index in [2.05, 4.69) is 43.8 Å². The summed E-state index contributed by atoms with van der Waals surface area (Å²) in [7, 11) is -0.355. The quantitative estimate of drug-likeness (QED) is 0.817. The molecule has 2 aliphatic rings. The summed E-state index contributed by atoms with van der Waals surface area (Å²) in [6, 6.07) is 8.13. The van der Waals surface area contributed by atoms with Gasteiger partial charge in [0.05, 0.1) is 16.9 Å². The molecule has 0 radical (unpaired) electrons. The molecule has 120 valence electrons. The molecule has 4 rings (SSSR count). The van der Waals surface area contributed by atoms with Crippen LogP contribution >= 0.6 is 0 Å². The summed E-state index contributed by atoms with van der Waals surface area (Å²) in [6.45, 7) is 8.26. The zero-order valence-electron chi connectivity index (χ0n) is 14.1. The molecule has 1 aliphatic carbocycles. The lowest BCUT2D eigenvalue weighted by atomic mass is 9.79. The van der Waals surface area contributed by atoms with E-state index in [4.69, 9.17) is 9.31 Å². The second-order valence-electron chi connectivity index (χ2n) is 7.50. The van der Waals surface area contributed by atoms with Gasteiger partial charge < -0.3 is 9.31 Å². The topological polar surface area (TPSA) is 49.2 Å². The normalized spacial score (nSPS) is 22.5. The van der Waals surface area contributed by atoms with Crippen molar-refractivity contribution < 1.29 is 9.31 Å². The molecular formula is C17H22BN3O2. The molecule has 0 atom stereocenters. The van der Waals surface area contributed by atoms with Gasteiger partial charge in [-0.05, 0) is 58.1 Å². The van der Waals surface area contributed by atoms with Crippen molar-refractivity contribution >= 4 is 12.6 Å². The van der Waals surface area contributed by atoms with Crippen molar-refractivity contribution in [1.82, 2.24) is 14.8 Å². The summed E-state index contributed by atoms with van der Waals surface area (Å²) in [5.74, 6) is 1.51. The van der Waals surface area contributed by atoms with Crippen LogP contribution < -0.4 is 5.46 Å². The largest absolute Gasteiger partial charge is 0.494 e. The second-order valence-corrected chi connectivity index (χ2v) is 7.50. The van der Waals surface area contributed by atoms with Crippen LogP contribution in [0.4, 0.5) is 0 Å². The number of hydrogen-bond donors (Lipinski definition) is 0. The minimum atomic E-state index is -0.355. The maximum absolute atomic E-state index is 6.13. The van der Waals surface area contributed by atoms with Gasteiger partial charge in [-0.25, -0.2) is 9.67 Å². The van der Waals surface area contributed by atoms with Crippen LogP contribution in [-0.2, 0) is 9.31 Å². The third-order valence-electron chi connectivity index (χ3n) is 5.11. The number of benzene rings is 1. The summed E-state index contributed by atoms with van der Waals surface area (Å²) in [5, 5.41) is 4.59. The highest BCUT2D eigenvalue weighted by molar-refractivity contribution is 6.62. The Morgan fingerprint density at radius 1 is 1.13 bits per heavy atom. The van der Waals surface area contributed by atoms with Crippen LogP contribution in [-0.4, -0.2) is 33.1 Å². The average molecular weight is 311 g/mol. The molecule has 1 saturated heterocycles. The zero-order valence-corrected chi connectivity index (χ0v) is 14.1. The molecule has 2 fully saturated rings. The molecule has 0 bridgehead atoms. The van der Waals surface area contributed by atoms with Crippen LogP contribution in [0.15, 0.2) is 30.6 Å². The molecule has 1 aliphatic heterocycles. The molecule has 0 unspecified atom stereocenters. The van der Waals surface area contributed by atoms with Gasteiger partial charge in [-0.2, -0.15) is 5.10 Å². The van der Waals surface area contributed by atoms with Crippen LogP contribution in [0.25, 0.3) is 5.69 Å². The summed E-state index contributed by atoms with van der Waals surface area (Å²) < 4.78 is 14.1. The third-order valence-corrected chi connectivity index (χ3v) is 5.11. The first-order valence-corrected chi connectivity index (χ1v) is 8.23. The van der Waals surface area contributed by atoms with Crippen molar-refractivity contribution in [1.29, 1.82) is 0 Å². The van der Waals surface area contributed by atoms with Crippen LogP contribution in [0.2, 0.25) is 0 Å². The lowest BCUT2D eigenvalue weighted by Gasteiger charge is -2.32. The van der Waals surface area contributed by atoms with Gasteiger partial charge in [0, 0.05) is 5.92 Å². The van der Waals surface area contributed by atoms with Gasteiger partial charge in [0.2, 0.25) is 0 Å². The molecule has 1 saturated carbocycles. The van der Waals surface area contributed by atoms with Crippen molar-refractivity contribution in [2.45, 2.75) is 57.7 Å². The monoisotopic (exact) mass is 311 g/mol. The summed E-state index contributed by atoms with van der Waals surface area (Å²) >= 11 is 0. The SMILES string of the molecule is CC1(C)OB(c2cccc(-n3cnc(C4CC4)n3)c2)OC1(C)C. The molecule has 6 heteroatoms. The maximum atomic E-state index is 6.13. The Labute approximate surface area is 137 Å². The fraction of sp³-hybridized carbons (Fsp3) is 0.529. The van der Waals surface area contributed by atoms with Gasteiger partial charge >= 0.3 is 7.12 Å². The Morgan fingerprint density at radius 2 is 1.83 bits per heavy atom. The number of aromatic nitrogens is 3. The fourth-order valence-electron chi connectivity index (χ4n) is 2.72. The molecule has 23 heavy (non-hydrogen) atoms. The van der Waals surface area contributed by atoms with Crippen molar-refractivity contribution in [3.8, 4) is 5.69 Å². The molecule has 2 heterocycles. The van der Waals surface area contributed by atoms with Crippen LogP contribution in [0.5, 0.6) is 0 Å². The molecule has 1 aromatic carbocycles. The molecule has 0 amide bonds.